The van der Waals surface area contributed by atoms with Crippen molar-refractivity contribution >= 4 is 5.91 Å². The molecule has 2 N–H and O–H groups in total. The Bertz CT molecular complexity index is 497. The number of hydrogen-bond donors (Lipinski definition) is 2. The minimum Gasteiger partial charge on any atom is -0.383 e. The zero-order chi connectivity index (χ0) is 16.2. The lowest BCUT2D eigenvalue weighted by molar-refractivity contribution is 0.0892. The number of amides is 1. The number of ether oxygens (including phenoxy) is 1. The summed E-state index contributed by atoms with van der Waals surface area (Å²) in [5, 5.41) is 6.51. The summed E-state index contributed by atoms with van der Waals surface area (Å²) in [4.78, 5) is 12.3. The maximum Gasteiger partial charge on any atom is 0.251 e. The number of hydrogen-bond acceptors (Lipinski definition) is 3. The lowest BCUT2D eigenvalue weighted by atomic mass is 9.86. The topological polar surface area (TPSA) is 50.4 Å². The Labute approximate surface area is 133 Å². The van der Waals surface area contributed by atoms with Crippen LogP contribution in [-0.4, -0.2) is 38.3 Å². The highest BCUT2D eigenvalue weighted by molar-refractivity contribution is 5.94. The van der Waals surface area contributed by atoms with E-state index in [-0.39, 0.29) is 16.9 Å². The van der Waals surface area contributed by atoms with Crippen LogP contribution < -0.4 is 10.6 Å². The van der Waals surface area contributed by atoms with Gasteiger partial charge in [0.05, 0.1) is 12.1 Å². The molecule has 22 heavy (non-hydrogen) atoms. The maximum absolute atomic E-state index is 12.3. The van der Waals surface area contributed by atoms with Gasteiger partial charge in [0, 0.05) is 19.2 Å². The molecule has 1 heterocycles. The van der Waals surface area contributed by atoms with Crippen molar-refractivity contribution in [3.8, 4) is 0 Å². The Hall–Kier alpha value is -1.39. The van der Waals surface area contributed by atoms with Gasteiger partial charge in [-0.25, -0.2) is 0 Å². The first-order chi connectivity index (χ1) is 10.4. The van der Waals surface area contributed by atoms with Gasteiger partial charge in [0.25, 0.3) is 5.91 Å². The largest absolute Gasteiger partial charge is 0.383 e. The third-order valence-electron chi connectivity index (χ3n) is 4.35. The fourth-order valence-electron chi connectivity index (χ4n) is 2.94. The van der Waals surface area contributed by atoms with Gasteiger partial charge in [0.1, 0.15) is 0 Å². The van der Waals surface area contributed by atoms with E-state index in [1.165, 1.54) is 5.56 Å². The smallest absolute Gasteiger partial charge is 0.251 e. The van der Waals surface area contributed by atoms with Gasteiger partial charge in [-0.2, -0.15) is 0 Å². The molecule has 0 bridgehead atoms. The second-order valence-electron chi connectivity index (χ2n) is 7.25. The quantitative estimate of drug-likeness (QED) is 0.878. The van der Waals surface area contributed by atoms with Gasteiger partial charge in [-0.05, 0) is 42.5 Å². The van der Waals surface area contributed by atoms with Crippen molar-refractivity contribution in [1.82, 2.24) is 10.6 Å². The van der Waals surface area contributed by atoms with E-state index in [0.717, 1.165) is 19.4 Å². The molecular formula is C18H28N2O2. The molecule has 2 rings (SSSR count). The minimum absolute atomic E-state index is 0.0235. The molecule has 0 saturated carbocycles. The van der Waals surface area contributed by atoms with Gasteiger partial charge < -0.3 is 15.4 Å². The lowest BCUT2D eigenvalue weighted by Crippen LogP contribution is -2.53. The van der Waals surface area contributed by atoms with Crippen LogP contribution in [0.25, 0.3) is 0 Å². The Morgan fingerprint density at radius 3 is 2.50 bits per heavy atom. The normalized spacial score (nSPS) is 21.8. The van der Waals surface area contributed by atoms with Crippen LogP contribution in [0, 0.1) is 0 Å². The standard InChI is InChI=1S/C18H28N2O2/c1-17(2,3)15-8-6-14(7-9-15)16(21)19-12-18(13-22-4)10-5-11-20-18/h6-9,20H,5,10-13H2,1-4H3,(H,19,21). The van der Waals surface area contributed by atoms with Gasteiger partial charge >= 0.3 is 0 Å². The van der Waals surface area contributed by atoms with Crippen LogP contribution in [0.1, 0.15) is 49.5 Å². The fraction of sp³-hybridized carbons (Fsp3) is 0.611. The van der Waals surface area contributed by atoms with Gasteiger partial charge in [0.15, 0.2) is 0 Å². The Balaban J connectivity index is 1.97. The summed E-state index contributed by atoms with van der Waals surface area (Å²) in [6.07, 6.45) is 2.16. The summed E-state index contributed by atoms with van der Waals surface area (Å²) in [5.41, 5.74) is 1.93. The summed E-state index contributed by atoms with van der Waals surface area (Å²) < 4.78 is 5.31. The van der Waals surface area contributed by atoms with E-state index in [9.17, 15) is 4.79 Å². The Morgan fingerprint density at radius 2 is 2.00 bits per heavy atom. The molecule has 122 valence electrons. The molecule has 1 atom stereocenters. The predicted octanol–water partition coefficient (Wildman–Crippen LogP) is 2.48. The molecule has 1 amide bonds. The molecule has 0 radical (unpaired) electrons. The minimum atomic E-state index is -0.115. The van der Waals surface area contributed by atoms with Crippen LogP contribution in [-0.2, 0) is 10.2 Å². The summed E-state index contributed by atoms with van der Waals surface area (Å²) in [6, 6.07) is 7.88. The number of benzene rings is 1. The van der Waals surface area contributed by atoms with Crippen LogP contribution in [0.4, 0.5) is 0 Å². The van der Waals surface area contributed by atoms with E-state index in [0.29, 0.717) is 18.7 Å². The van der Waals surface area contributed by atoms with E-state index < -0.39 is 0 Å². The van der Waals surface area contributed by atoms with E-state index in [1.807, 2.05) is 24.3 Å². The average molecular weight is 304 g/mol. The van der Waals surface area contributed by atoms with Gasteiger partial charge in [-0.1, -0.05) is 32.9 Å². The van der Waals surface area contributed by atoms with Crippen molar-refractivity contribution in [2.75, 3.05) is 26.8 Å². The van der Waals surface area contributed by atoms with Crippen molar-refractivity contribution < 1.29 is 9.53 Å². The van der Waals surface area contributed by atoms with Crippen molar-refractivity contribution in [2.45, 2.75) is 44.6 Å². The molecule has 1 fully saturated rings. The highest BCUT2D eigenvalue weighted by Crippen LogP contribution is 2.22. The van der Waals surface area contributed by atoms with Gasteiger partial charge in [0.2, 0.25) is 0 Å². The van der Waals surface area contributed by atoms with Gasteiger partial charge in [-0.3, -0.25) is 4.79 Å². The van der Waals surface area contributed by atoms with Gasteiger partial charge in [-0.15, -0.1) is 0 Å². The first-order valence-electron chi connectivity index (χ1n) is 7.99. The first kappa shape index (κ1) is 17.0. The van der Waals surface area contributed by atoms with Crippen molar-refractivity contribution in [3.63, 3.8) is 0 Å². The van der Waals surface area contributed by atoms with E-state index >= 15 is 0 Å². The van der Waals surface area contributed by atoms with Crippen LogP contribution in [0.15, 0.2) is 24.3 Å². The molecule has 0 aromatic heterocycles. The molecule has 1 aliphatic rings. The maximum atomic E-state index is 12.3. The van der Waals surface area contributed by atoms with Crippen molar-refractivity contribution in [1.29, 1.82) is 0 Å². The molecule has 1 unspecified atom stereocenters. The Kier molecular flexibility index (Phi) is 5.24. The highest BCUT2D eigenvalue weighted by atomic mass is 16.5. The third-order valence-corrected chi connectivity index (χ3v) is 4.35. The van der Waals surface area contributed by atoms with Crippen LogP contribution >= 0.6 is 0 Å². The molecule has 1 aromatic carbocycles. The van der Waals surface area contributed by atoms with Crippen LogP contribution in [0.5, 0.6) is 0 Å². The predicted molar refractivity (Wildman–Crippen MR) is 89.3 cm³/mol. The fourth-order valence-corrected chi connectivity index (χ4v) is 2.94. The first-order valence-corrected chi connectivity index (χ1v) is 7.99. The second kappa shape index (κ2) is 6.80. The molecule has 4 heteroatoms. The summed E-state index contributed by atoms with van der Waals surface area (Å²) >= 11 is 0. The van der Waals surface area contributed by atoms with E-state index in [1.54, 1.807) is 7.11 Å². The zero-order valence-electron chi connectivity index (χ0n) is 14.2. The van der Waals surface area contributed by atoms with Crippen LogP contribution in [0.2, 0.25) is 0 Å². The number of rotatable bonds is 5. The number of carbonyl (C=O) groups excluding carboxylic acids is 1. The number of carbonyl (C=O) groups is 1. The third kappa shape index (κ3) is 4.08. The number of nitrogens with one attached hydrogen (secondary N) is 2. The molecule has 1 aliphatic heterocycles. The van der Waals surface area contributed by atoms with Crippen LogP contribution in [0.3, 0.4) is 0 Å². The molecule has 1 aromatic rings. The molecule has 1 saturated heterocycles. The van der Waals surface area contributed by atoms with Crippen molar-refractivity contribution in [3.05, 3.63) is 35.4 Å². The monoisotopic (exact) mass is 304 g/mol. The highest BCUT2D eigenvalue weighted by Gasteiger charge is 2.33. The summed E-state index contributed by atoms with van der Waals surface area (Å²) in [6.45, 7) is 8.71. The average Bonchev–Trinajstić information content (AvgIpc) is 2.93. The summed E-state index contributed by atoms with van der Waals surface area (Å²) in [5.74, 6) is -0.0235. The summed E-state index contributed by atoms with van der Waals surface area (Å²) in [7, 11) is 1.70. The van der Waals surface area contributed by atoms with E-state index in [4.69, 9.17) is 4.74 Å². The van der Waals surface area contributed by atoms with Crippen molar-refractivity contribution in [2.24, 2.45) is 0 Å². The SMILES string of the molecule is COCC1(CNC(=O)c2ccc(C(C)(C)C)cc2)CCCN1. The lowest BCUT2D eigenvalue weighted by Gasteiger charge is -2.29. The molecule has 0 aliphatic carbocycles. The molecular weight excluding hydrogens is 276 g/mol. The zero-order valence-corrected chi connectivity index (χ0v) is 14.2. The number of methoxy groups -OCH3 is 1. The Morgan fingerprint density at radius 1 is 1.32 bits per heavy atom. The second-order valence-corrected chi connectivity index (χ2v) is 7.25. The molecule has 4 nitrogen and oxygen atoms in total. The molecule has 0 spiro atoms. The van der Waals surface area contributed by atoms with E-state index in [2.05, 4.69) is 31.4 Å².